The van der Waals surface area contributed by atoms with Crippen molar-refractivity contribution in [3.63, 3.8) is 0 Å². The predicted octanol–water partition coefficient (Wildman–Crippen LogP) is 9.89. The molecule has 0 aliphatic heterocycles. The van der Waals surface area contributed by atoms with Crippen molar-refractivity contribution in [1.82, 2.24) is 4.90 Å². The summed E-state index contributed by atoms with van der Waals surface area (Å²) in [7, 11) is 0. The van der Waals surface area contributed by atoms with E-state index in [-0.39, 0.29) is 0 Å². The van der Waals surface area contributed by atoms with Crippen molar-refractivity contribution in [3.05, 3.63) is 117 Å². The normalized spacial score (nSPS) is 10.2. The smallest absolute Gasteiger partial charge is 0.0451 e. The van der Waals surface area contributed by atoms with Crippen LogP contribution in [0.3, 0.4) is 0 Å². The lowest BCUT2D eigenvalue weighted by molar-refractivity contribution is 0.247. The van der Waals surface area contributed by atoms with Gasteiger partial charge in [-0.15, -0.1) is 0 Å². The molecular formula is C21H15Br2ClN10. The van der Waals surface area contributed by atoms with Gasteiger partial charge in [-0.1, -0.05) is 77.0 Å². The van der Waals surface area contributed by atoms with Crippen LogP contribution in [0.4, 0.5) is 17.1 Å². The van der Waals surface area contributed by atoms with Gasteiger partial charge in [0.1, 0.15) is 0 Å². The molecule has 0 bridgehead atoms. The van der Waals surface area contributed by atoms with E-state index in [9.17, 15) is 0 Å². The molecule has 10 nitrogen and oxygen atoms in total. The zero-order valence-electron chi connectivity index (χ0n) is 17.4. The zero-order chi connectivity index (χ0) is 24.5. The molecule has 0 unspecified atom stereocenters. The maximum absolute atomic E-state index is 8.80. The van der Waals surface area contributed by atoms with Crippen LogP contribution in [0, 0.1) is 0 Å². The van der Waals surface area contributed by atoms with Crippen molar-refractivity contribution < 1.29 is 0 Å². The van der Waals surface area contributed by atoms with Crippen LogP contribution in [0.2, 0.25) is 5.02 Å². The molecule has 0 atom stereocenters. The highest BCUT2D eigenvalue weighted by atomic mass is 79.9. The van der Waals surface area contributed by atoms with Crippen molar-refractivity contribution >= 4 is 60.5 Å². The van der Waals surface area contributed by atoms with Crippen molar-refractivity contribution in [2.45, 2.75) is 19.6 Å². The van der Waals surface area contributed by atoms with E-state index in [2.05, 4.69) is 66.8 Å². The quantitative estimate of drug-likeness (QED) is 0.134. The first-order valence-corrected chi connectivity index (χ1v) is 11.6. The number of hydrogen-bond acceptors (Lipinski definition) is 4. The van der Waals surface area contributed by atoms with Crippen molar-refractivity contribution in [2.75, 3.05) is 0 Å². The van der Waals surface area contributed by atoms with Gasteiger partial charge in [0.05, 0.1) is 0 Å². The molecule has 3 aromatic rings. The van der Waals surface area contributed by atoms with E-state index in [1.54, 1.807) is 42.5 Å². The molecule has 0 N–H and O–H groups in total. The third-order valence-corrected chi connectivity index (χ3v) is 6.67. The number of halogens is 3. The molecule has 0 aliphatic rings. The van der Waals surface area contributed by atoms with Crippen molar-refractivity contribution in [3.8, 4) is 0 Å². The Morgan fingerprint density at radius 1 is 0.647 bits per heavy atom. The van der Waals surface area contributed by atoms with Crippen LogP contribution in [0.5, 0.6) is 0 Å². The molecule has 13 heteroatoms. The number of nitrogens with zero attached hydrogens (tertiary/aromatic N) is 10. The largest absolute Gasteiger partial charge is 0.290 e. The molecular weight excluding hydrogens is 588 g/mol. The molecule has 0 saturated carbocycles. The molecule has 0 fully saturated rings. The summed E-state index contributed by atoms with van der Waals surface area (Å²) >= 11 is 13.6. The van der Waals surface area contributed by atoms with Crippen LogP contribution in [-0.4, -0.2) is 4.90 Å². The Morgan fingerprint density at radius 2 is 1.03 bits per heavy atom. The second kappa shape index (κ2) is 12.3. The maximum atomic E-state index is 8.80. The van der Waals surface area contributed by atoms with Gasteiger partial charge in [0.25, 0.3) is 0 Å². The van der Waals surface area contributed by atoms with E-state index < -0.39 is 0 Å². The van der Waals surface area contributed by atoms with E-state index in [4.69, 9.17) is 28.2 Å². The molecule has 3 rings (SSSR count). The van der Waals surface area contributed by atoms with Gasteiger partial charge >= 0.3 is 0 Å². The van der Waals surface area contributed by atoms with Gasteiger partial charge in [0, 0.05) is 65.4 Å². The van der Waals surface area contributed by atoms with E-state index in [0.717, 1.165) is 25.6 Å². The highest BCUT2D eigenvalue weighted by molar-refractivity contribution is 9.10. The molecule has 170 valence electrons. The summed E-state index contributed by atoms with van der Waals surface area (Å²) in [6.45, 7) is 1.36. The molecule has 34 heavy (non-hydrogen) atoms. The lowest BCUT2D eigenvalue weighted by atomic mass is 10.1. The molecule has 0 aliphatic carbocycles. The van der Waals surface area contributed by atoms with Gasteiger partial charge < -0.3 is 0 Å². The SMILES string of the molecule is [N-]=[N+]=Nc1ccc(Cl)c(CN(Cc2cc(N=[N+]=[N-])ccc2Br)Cc2cc(N=[N+]=[N-])ccc2Br)c1. The Hall–Kier alpha value is -3.20. The molecule has 0 aromatic heterocycles. The van der Waals surface area contributed by atoms with Crippen LogP contribution < -0.4 is 0 Å². The third kappa shape index (κ3) is 6.90. The zero-order valence-corrected chi connectivity index (χ0v) is 21.4. The van der Waals surface area contributed by atoms with Crippen molar-refractivity contribution in [2.24, 2.45) is 15.3 Å². The first kappa shape index (κ1) is 25.4. The van der Waals surface area contributed by atoms with Crippen molar-refractivity contribution in [1.29, 1.82) is 0 Å². The molecule has 0 radical (unpaired) electrons. The maximum Gasteiger partial charge on any atom is 0.0451 e. The Bertz CT molecular complexity index is 1190. The van der Waals surface area contributed by atoms with Gasteiger partial charge in [-0.25, -0.2) is 0 Å². The van der Waals surface area contributed by atoms with Crippen LogP contribution in [0.25, 0.3) is 31.3 Å². The molecule has 0 spiro atoms. The average Bonchev–Trinajstić information content (AvgIpc) is 2.81. The third-order valence-electron chi connectivity index (χ3n) is 4.75. The van der Waals surface area contributed by atoms with Gasteiger partial charge in [-0.2, -0.15) is 0 Å². The minimum atomic E-state index is 0.421. The summed E-state index contributed by atoms with van der Waals surface area (Å²) in [6.07, 6.45) is 0. The average molecular weight is 603 g/mol. The lowest BCUT2D eigenvalue weighted by Crippen LogP contribution is -2.23. The first-order chi connectivity index (χ1) is 16.4. The van der Waals surface area contributed by atoms with Crippen LogP contribution >= 0.6 is 43.5 Å². The highest BCUT2D eigenvalue weighted by Gasteiger charge is 2.15. The second-order valence-corrected chi connectivity index (χ2v) is 9.16. The van der Waals surface area contributed by atoms with Gasteiger partial charge in [0.15, 0.2) is 0 Å². The Morgan fingerprint density at radius 3 is 1.47 bits per heavy atom. The number of rotatable bonds is 9. The Labute approximate surface area is 216 Å². The lowest BCUT2D eigenvalue weighted by Gasteiger charge is -2.25. The minimum Gasteiger partial charge on any atom is -0.290 e. The van der Waals surface area contributed by atoms with E-state index in [1.165, 1.54) is 0 Å². The van der Waals surface area contributed by atoms with E-state index in [1.807, 2.05) is 12.1 Å². The summed E-state index contributed by atoms with van der Waals surface area (Å²) in [4.78, 5) is 10.7. The summed E-state index contributed by atoms with van der Waals surface area (Å²) in [6, 6.07) is 15.8. The Kier molecular flexibility index (Phi) is 9.21. The fourth-order valence-electron chi connectivity index (χ4n) is 3.28. The molecule has 0 amide bonds. The second-order valence-electron chi connectivity index (χ2n) is 7.04. The van der Waals surface area contributed by atoms with E-state index >= 15 is 0 Å². The Balaban J connectivity index is 2.02. The summed E-state index contributed by atoms with van der Waals surface area (Å²) in [5, 5.41) is 11.6. The number of azide groups is 3. The summed E-state index contributed by atoms with van der Waals surface area (Å²) in [5.41, 5.74) is 30.4. The minimum absolute atomic E-state index is 0.421. The molecule has 0 saturated heterocycles. The standard InChI is InChI=1S/C21H15Br2ClN10/c22-19-4-1-16(28-31-25)7-13(19)10-34(11-14-8-17(29-32-26)2-5-20(14)23)12-15-9-18(30-33-27)3-6-21(15)24/h1-9H,10-12H2. The van der Waals surface area contributed by atoms with E-state index in [0.29, 0.717) is 41.7 Å². The number of benzene rings is 3. The molecule has 0 heterocycles. The topological polar surface area (TPSA) is 150 Å². The monoisotopic (exact) mass is 600 g/mol. The van der Waals surface area contributed by atoms with Gasteiger partial charge in [-0.3, -0.25) is 4.90 Å². The van der Waals surface area contributed by atoms with Gasteiger partial charge in [-0.05, 0) is 69.7 Å². The fourth-order valence-corrected chi connectivity index (χ4v) is 4.20. The number of hydrogen-bond donors (Lipinski definition) is 0. The van der Waals surface area contributed by atoms with Gasteiger partial charge in [0.2, 0.25) is 0 Å². The predicted molar refractivity (Wildman–Crippen MR) is 139 cm³/mol. The highest BCUT2D eigenvalue weighted by Crippen LogP contribution is 2.30. The summed E-state index contributed by atoms with van der Waals surface area (Å²) < 4.78 is 1.70. The molecule has 3 aromatic carbocycles. The first-order valence-electron chi connectivity index (χ1n) is 9.66. The summed E-state index contributed by atoms with van der Waals surface area (Å²) in [5.74, 6) is 0. The van der Waals surface area contributed by atoms with Crippen LogP contribution in [-0.2, 0) is 19.6 Å². The van der Waals surface area contributed by atoms with Crippen LogP contribution in [0.15, 0.2) is 78.9 Å². The van der Waals surface area contributed by atoms with Crippen LogP contribution in [0.1, 0.15) is 16.7 Å². The fraction of sp³-hybridized carbons (Fsp3) is 0.143.